The first-order valence-electron chi connectivity index (χ1n) is 10.5. The van der Waals surface area contributed by atoms with Crippen molar-refractivity contribution < 1.29 is 14.6 Å². The smallest absolute Gasteiger partial charge is 0.270 e. The molecule has 1 fully saturated rings. The molecule has 1 aliphatic carbocycles. The molecular weight excluding hydrogens is 414 g/mol. The Kier molecular flexibility index (Phi) is 5.49. The van der Waals surface area contributed by atoms with Crippen molar-refractivity contribution in [1.29, 1.82) is 0 Å². The van der Waals surface area contributed by atoms with E-state index in [9.17, 15) is 14.7 Å². The average Bonchev–Trinajstić information content (AvgIpc) is 3.42. The van der Waals surface area contributed by atoms with E-state index in [4.69, 9.17) is 4.74 Å². The molecule has 0 aromatic carbocycles. The molecule has 0 saturated heterocycles. The van der Waals surface area contributed by atoms with Crippen molar-refractivity contribution in [2.45, 2.75) is 53.1 Å². The third-order valence-electron chi connectivity index (χ3n) is 4.80. The van der Waals surface area contributed by atoms with Crippen molar-refractivity contribution in [1.82, 2.24) is 29.5 Å². The molecule has 1 amide bonds. The van der Waals surface area contributed by atoms with Crippen LogP contribution in [0.5, 0.6) is 11.8 Å². The van der Waals surface area contributed by atoms with Crippen molar-refractivity contribution in [2.75, 3.05) is 11.9 Å². The van der Waals surface area contributed by atoms with Gasteiger partial charge in [0, 0.05) is 18.7 Å². The normalized spacial score (nSPS) is 13.9. The van der Waals surface area contributed by atoms with E-state index in [1.54, 1.807) is 6.07 Å². The lowest BCUT2D eigenvalue weighted by Gasteiger charge is -2.21. The van der Waals surface area contributed by atoms with Crippen LogP contribution in [-0.4, -0.2) is 47.8 Å². The Hall–Kier alpha value is -3.63. The topological polar surface area (TPSA) is 136 Å². The second kappa shape index (κ2) is 8.13. The summed E-state index contributed by atoms with van der Waals surface area (Å²) in [6, 6.07) is 1.66. The van der Waals surface area contributed by atoms with Gasteiger partial charge in [-0.1, -0.05) is 20.8 Å². The van der Waals surface area contributed by atoms with E-state index < -0.39 is 17.3 Å². The number of rotatable bonds is 7. The lowest BCUT2D eigenvalue weighted by Crippen LogP contribution is -2.37. The van der Waals surface area contributed by atoms with E-state index in [2.05, 4.69) is 25.7 Å². The second-order valence-electron chi connectivity index (χ2n) is 9.00. The van der Waals surface area contributed by atoms with Crippen LogP contribution >= 0.6 is 0 Å². The van der Waals surface area contributed by atoms with Crippen LogP contribution in [0.4, 0.5) is 11.6 Å². The van der Waals surface area contributed by atoms with Crippen molar-refractivity contribution >= 4 is 23.2 Å². The number of ether oxygens (including phenoxy) is 1. The van der Waals surface area contributed by atoms with Crippen molar-refractivity contribution in [3.05, 3.63) is 34.4 Å². The van der Waals surface area contributed by atoms with Gasteiger partial charge in [0.05, 0.1) is 19.0 Å². The molecule has 4 rings (SSSR count). The number of aromatic nitrogens is 5. The minimum Gasteiger partial charge on any atom is -0.492 e. The molecule has 3 aromatic heterocycles. The van der Waals surface area contributed by atoms with Crippen LogP contribution in [-0.2, 0) is 6.54 Å². The summed E-state index contributed by atoms with van der Waals surface area (Å²) in [4.78, 5) is 34.3. The zero-order chi connectivity index (χ0) is 23.0. The van der Waals surface area contributed by atoms with E-state index in [0.29, 0.717) is 36.3 Å². The molecule has 0 spiro atoms. The van der Waals surface area contributed by atoms with Gasteiger partial charge in [0.1, 0.15) is 11.5 Å². The van der Waals surface area contributed by atoms with Gasteiger partial charge in [0.25, 0.3) is 11.5 Å². The molecule has 11 heteroatoms. The van der Waals surface area contributed by atoms with E-state index in [1.807, 2.05) is 27.7 Å². The highest BCUT2D eigenvalue weighted by Crippen LogP contribution is 2.25. The first-order valence-corrected chi connectivity index (χ1v) is 10.5. The Morgan fingerprint density at radius 2 is 2.00 bits per heavy atom. The maximum atomic E-state index is 13.2. The number of nitrogens with one attached hydrogen (secondary N) is 2. The highest BCUT2D eigenvalue weighted by Gasteiger charge is 2.30. The van der Waals surface area contributed by atoms with Gasteiger partial charge in [0.2, 0.25) is 11.8 Å². The number of nitrogens with zero attached hydrogens (tertiary/aromatic N) is 5. The minimum atomic E-state index is -0.595. The minimum absolute atomic E-state index is 0.0427. The molecule has 170 valence electrons. The summed E-state index contributed by atoms with van der Waals surface area (Å²) in [5.41, 5.74) is -0.782. The molecule has 0 unspecified atom stereocenters. The predicted molar refractivity (Wildman–Crippen MR) is 118 cm³/mol. The largest absolute Gasteiger partial charge is 0.492 e. The number of carbonyl (C=O) groups excluding carboxylic acids is 1. The Labute approximate surface area is 184 Å². The number of hydrogen-bond acceptors (Lipinski definition) is 8. The van der Waals surface area contributed by atoms with E-state index in [1.165, 1.54) is 21.5 Å². The maximum Gasteiger partial charge on any atom is 0.270 e. The van der Waals surface area contributed by atoms with Gasteiger partial charge in [-0.2, -0.15) is 4.52 Å². The lowest BCUT2D eigenvalue weighted by atomic mass is 9.97. The Bertz CT molecular complexity index is 1200. The van der Waals surface area contributed by atoms with Crippen LogP contribution in [0.1, 0.15) is 50.9 Å². The monoisotopic (exact) mass is 441 g/mol. The summed E-state index contributed by atoms with van der Waals surface area (Å²) < 4.78 is 7.94. The number of hydrogen-bond donors (Lipinski definition) is 3. The molecule has 1 aliphatic rings. The van der Waals surface area contributed by atoms with Gasteiger partial charge in [0.15, 0.2) is 11.4 Å². The summed E-state index contributed by atoms with van der Waals surface area (Å²) in [6.07, 6.45) is 4.70. The number of amides is 1. The summed E-state index contributed by atoms with van der Waals surface area (Å²) >= 11 is 0. The van der Waals surface area contributed by atoms with Gasteiger partial charge in [-0.25, -0.2) is 9.97 Å². The van der Waals surface area contributed by atoms with Crippen LogP contribution < -0.4 is 20.9 Å². The zero-order valence-corrected chi connectivity index (χ0v) is 18.5. The van der Waals surface area contributed by atoms with Gasteiger partial charge in [-0.15, -0.1) is 5.10 Å². The molecule has 0 bridgehead atoms. The molecule has 0 aliphatic heterocycles. The number of anilines is 2. The molecule has 3 N–H and O–H groups in total. The average molecular weight is 441 g/mol. The molecule has 0 radical (unpaired) electrons. The zero-order valence-electron chi connectivity index (χ0n) is 18.5. The highest BCUT2D eigenvalue weighted by molar-refractivity contribution is 5.96. The number of fused-ring (bicyclic) bond motifs is 1. The highest BCUT2D eigenvalue weighted by atomic mass is 16.5. The van der Waals surface area contributed by atoms with Crippen LogP contribution in [0.25, 0.3) is 5.65 Å². The molecule has 11 nitrogen and oxygen atoms in total. The van der Waals surface area contributed by atoms with Gasteiger partial charge in [-0.3, -0.25) is 14.2 Å². The maximum absolute atomic E-state index is 13.2. The quantitative estimate of drug-likeness (QED) is 0.507. The first kappa shape index (κ1) is 21.6. The molecule has 3 aromatic rings. The fourth-order valence-electron chi connectivity index (χ4n) is 3.27. The van der Waals surface area contributed by atoms with E-state index in [-0.39, 0.29) is 17.0 Å². The van der Waals surface area contributed by atoms with Crippen molar-refractivity contribution in [3.8, 4) is 11.8 Å². The summed E-state index contributed by atoms with van der Waals surface area (Å²) in [5.74, 6) is 0.0467. The van der Waals surface area contributed by atoms with Crippen LogP contribution in [0.15, 0.2) is 23.3 Å². The molecule has 1 saturated carbocycles. The lowest BCUT2D eigenvalue weighted by molar-refractivity contribution is 0.0944. The SMILES string of the molecule is CCOc1cnc(Nc2cc3n(CC(C)(C)C)c(=O)c(C(=O)NC4CC4)c(O)n3n2)cn1. The summed E-state index contributed by atoms with van der Waals surface area (Å²) in [7, 11) is 0. The Morgan fingerprint density at radius 1 is 1.25 bits per heavy atom. The fourth-order valence-corrected chi connectivity index (χ4v) is 3.27. The number of aromatic hydroxyl groups is 1. The summed E-state index contributed by atoms with van der Waals surface area (Å²) in [6.45, 7) is 8.61. The first-order chi connectivity index (χ1) is 15.2. The third kappa shape index (κ3) is 4.51. The Balaban J connectivity index is 1.77. The van der Waals surface area contributed by atoms with Crippen LogP contribution in [0.2, 0.25) is 0 Å². The summed E-state index contributed by atoms with van der Waals surface area (Å²) in [5, 5.41) is 20.9. The Morgan fingerprint density at radius 3 is 2.59 bits per heavy atom. The fraction of sp³-hybridized carbons (Fsp3) is 0.476. The molecule has 3 heterocycles. The van der Waals surface area contributed by atoms with Crippen molar-refractivity contribution in [2.24, 2.45) is 5.41 Å². The van der Waals surface area contributed by atoms with Crippen LogP contribution in [0, 0.1) is 5.41 Å². The predicted octanol–water partition coefficient (Wildman–Crippen LogP) is 2.07. The standard InChI is InChI=1S/C21H27N7O4/c1-5-32-15-10-22-14(9-23-15)25-13-8-16-27(11-21(2,3)4)19(30)17(20(31)28(16)26-13)18(29)24-12-6-7-12/h8-10,12,31H,5-7,11H2,1-4H3,(H,24,29)(H,22,25,26). The second-order valence-corrected chi connectivity index (χ2v) is 9.00. The molecule has 0 atom stereocenters. The van der Waals surface area contributed by atoms with E-state index >= 15 is 0 Å². The molecule has 32 heavy (non-hydrogen) atoms. The van der Waals surface area contributed by atoms with Crippen molar-refractivity contribution in [3.63, 3.8) is 0 Å². The number of carbonyl (C=O) groups is 1. The third-order valence-corrected chi connectivity index (χ3v) is 4.80. The molecular formula is C21H27N7O4. The van der Waals surface area contributed by atoms with E-state index in [0.717, 1.165) is 12.8 Å². The van der Waals surface area contributed by atoms with Gasteiger partial charge < -0.3 is 20.5 Å². The van der Waals surface area contributed by atoms with Crippen LogP contribution in [0.3, 0.4) is 0 Å². The van der Waals surface area contributed by atoms with Gasteiger partial charge >= 0.3 is 0 Å². The van der Waals surface area contributed by atoms with Gasteiger partial charge in [-0.05, 0) is 25.2 Å².